The van der Waals surface area contributed by atoms with E-state index < -0.39 is 27.2 Å². The third kappa shape index (κ3) is 4.15. The molecule has 2 aromatic carbocycles. The quantitative estimate of drug-likeness (QED) is 0.515. The second-order valence-corrected chi connectivity index (χ2v) is 11.0. The van der Waals surface area contributed by atoms with Crippen LogP contribution in [0.5, 0.6) is 0 Å². The molecule has 1 saturated carbocycles. The first kappa shape index (κ1) is 23.3. The summed E-state index contributed by atoms with van der Waals surface area (Å²) in [6.45, 7) is 8.23. The Labute approximate surface area is 201 Å². The van der Waals surface area contributed by atoms with E-state index in [0.29, 0.717) is 16.5 Å². The number of benzene rings is 2. The van der Waals surface area contributed by atoms with Crippen LogP contribution in [-0.4, -0.2) is 60.9 Å². The zero-order chi connectivity index (χ0) is 25.0. The second kappa shape index (κ2) is 8.36. The molecular weight excluding hydrogens is 474 g/mol. The van der Waals surface area contributed by atoms with Crippen LogP contribution in [0.25, 0.3) is 26.9 Å². The van der Waals surface area contributed by atoms with Gasteiger partial charge in [0.15, 0.2) is 11.6 Å². The third-order valence-electron chi connectivity index (χ3n) is 6.78. The van der Waals surface area contributed by atoms with Gasteiger partial charge in [0, 0.05) is 67.8 Å². The van der Waals surface area contributed by atoms with Gasteiger partial charge >= 0.3 is 0 Å². The predicted molar refractivity (Wildman–Crippen MR) is 127 cm³/mol. The number of halogens is 2. The maximum Gasteiger partial charge on any atom is 0.258 e. The van der Waals surface area contributed by atoms with Crippen LogP contribution in [-0.2, 0) is 15.6 Å². The summed E-state index contributed by atoms with van der Waals surface area (Å²) in [5, 5.41) is 0.295. The first-order chi connectivity index (χ1) is 16.6. The number of carbonyl (C=O) groups is 1. The molecule has 0 N–H and O–H groups in total. The van der Waals surface area contributed by atoms with Crippen LogP contribution < -0.4 is 0 Å². The predicted octanol–water partition coefficient (Wildman–Crippen LogP) is 3.81. The minimum Gasteiger partial charge on any atom is -0.336 e. The number of piperazine rings is 1. The van der Waals surface area contributed by atoms with Crippen molar-refractivity contribution in [3.05, 3.63) is 76.8 Å². The van der Waals surface area contributed by atoms with Crippen molar-refractivity contribution >= 4 is 26.8 Å². The van der Waals surface area contributed by atoms with Crippen LogP contribution in [0.15, 0.2) is 42.6 Å². The average molecular weight is 497 g/mol. The molecule has 1 amide bonds. The molecule has 0 unspecified atom stereocenters. The number of amides is 1. The molecule has 1 saturated heterocycles. The first-order valence-corrected chi connectivity index (χ1v) is 13.0. The maximum atomic E-state index is 14.3. The highest BCUT2D eigenvalue weighted by Gasteiger charge is 2.52. The third-order valence-corrected chi connectivity index (χ3v) is 8.09. The first-order valence-electron chi connectivity index (χ1n) is 11.1. The van der Waals surface area contributed by atoms with E-state index in [-0.39, 0.29) is 43.2 Å². The molecular formula is C25H22F2N4O3S. The molecule has 0 spiro atoms. The number of aromatic nitrogens is 1. The van der Waals surface area contributed by atoms with Gasteiger partial charge in [0.25, 0.3) is 11.4 Å². The molecule has 10 heteroatoms. The number of hydrogen-bond donors (Lipinski definition) is 0. The zero-order valence-electron chi connectivity index (χ0n) is 19.0. The van der Waals surface area contributed by atoms with Crippen LogP contribution in [0.1, 0.15) is 28.8 Å². The molecule has 35 heavy (non-hydrogen) atoms. The molecule has 1 aromatic heterocycles. The van der Waals surface area contributed by atoms with Crippen LogP contribution in [0.3, 0.4) is 0 Å². The SMILES string of the molecule is [C-]#[N+]C1(c2ccc(-c3c(C(=O)N4CCN(S(C)(=O)=O)CC4)cnc4cc(F)c(F)cc34)cc2)CC1. The Morgan fingerprint density at radius 1 is 1.06 bits per heavy atom. The van der Waals surface area contributed by atoms with E-state index >= 15 is 0 Å². The van der Waals surface area contributed by atoms with Crippen molar-refractivity contribution in [2.75, 3.05) is 32.4 Å². The van der Waals surface area contributed by atoms with Crippen LogP contribution in [0, 0.1) is 18.2 Å². The number of nitrogens with zero attached hydrogens (tertiary/aromatic N) is 4. The van der Waals surface area contributed by atoms with Gasteiger partial charge in [0.1, 0.15) is 0 Å². The highest BCUT2D eigenvalue weighted by Crippen LogP contribution is 2.50. The summed E-state index contributed by atoms with van der Waals surface area (Å²) < 4.78 is 53.2. The zero-order valence-corrected chi connectivity index (χ0v) is 19.8. The van der Waals surface area contributed by atoms with Crippen LogP contribution in [0.4, 0.5) is 8.78 Å². The summed E-state index contributed by atoms with van der Waals surface area (Å²) in [5.74, 6) is -2.44. The Hall–Kier alpha value is -3.42. The van der Waals surface area contributed by atoms with Gasteiger partial charge in [-0.1, -0.05) is 24.3 Å². The van der Waals surface area contributed by atoms with E-state index in [1.165, 1.54) is 10.5 Å². The summed E-state index contributed by atoms with van der Waals surface area (Å²) in [6, 6.07) is 9.29. The van der Waals surface area contributed by atoms with Gasteiger partial charge in [-0.3, -0.25) is 9.78 Å². The van der Waals surface area contributed by atoms with E-state index in [1.54, 1.807) is 17.0 Å². The minimum absolute atomic E-state index is 0.175. The van der Waals surface area contributed by atoms with Crippen molar-refractivity contribution in [1.29, 1.82) is 0 Å². The number of rotatable bonds is 4. The lowest BCUT2D eigenvalue weighted by atomic mass is 9.93. The summed E-state index contributed by atoms with van der Waals surface area (Å²) >= 11 is 0. The number of carbonyl (C=O) groups excluding carboxylic acids is 1. The summed E-state index contributed by atoms with van der Waals surface area (Å²) in [5.41, 5.74) is 1.86. The van der Waals surface area contributed by atoms with Gasteiger partial charge in [0.2, 0.25) is 10.0 Å². The smallest absolute Gasteiger partial charge is 0.258 e. The van der Waals surface area contributed by atoms with E-state index in [4.69, 9.17) is 6.57 Å². The molecule has 1 aliphatic carbocycles. The Kier molecular flexibility index (Phi) is 5.57. The Bertz CT molecular complexity index is 1490. The highest BCUT2D eigenvalue weighted by molar-refractivity contribution is 7.88. The normalized spacial score (nSPS) is 17.8. The van der Waals surface area contributed by atoms with E-state index in [2.05, 4.69) is 9.83 Å². The molecule has 7 nitrogen and oxygen atoms in total. The van der Waals surface area contributed by atoms with Gasteiger partial charge in [-0.05, 0) is 11.6 Å². The average Bonchev–Trinajstić information content (AvgIpc) is 3.65. The van der Waals surface area contributed by atoms with E-state index in [9.17, 15) is 22.0 Å². The topological polar surface area (TPSA) is 74.9 Å². The molecule has 180 valence electrons. The van der Waals surface area contributed by atoms with Gasteiger partial charge in [-0.25, -0.2) is 23.8 Å². The van der Waals surface area contributed by atoms with Crippen molar-refractivity contribution in [3.63, 3.8) is 0 Å². The molecule has 2 fully saturated rings. The van der Waals surface area contributed by atoms with Gasteiger partial charge in [-0.15, -0.1) is 0 Å². The van der Waals surface area contributed by atoms with Gasteiger partial charge in [-0.2, -0.15) is 4.31 Å². The molecule has 2 aliphatic rings. The lowest BCUT2D eigenvalue weighted by Gasteiger charge is -2.33. The Balaban J connectivity index is 1.58. The van der Waals surface area contributed by atoms with Crippen molar-refractivity contribution in [3.8, 4) is 11.1 Å². The largest absolute Gasteiger partial charge is 0.336 e. The Morgan fingerprint density at radius 2 is 1.69 bits per heavy atom. The van der Waals surface area contributed by atoms with Crippen LogP contribution >= 0.6 is 0 Å². The summed E-state index contributed by atoms with van der Waals surface area (Å²) in [4.78, 5) is 23.0. The number of sulfonamides is 1. The monoisotopic (exact) mass is 496 g/mol. The fraction of sp³-hybridized carbons (Fsp3) is 0.320. The van der Waals surface area contributed by atoms with Gasteiger partial charge in [0.05, 0.1) is 17.3 Å². The van der Waals surface area contributed by atoms with Gasteiger partial charge < -0.3 is 9.74 Å². The number of hydrogen-bond acceptors (Lipinski definition) is 4. The molecule has 2 heterocycles. The molecule has 1 aliphatic heterocycles. The molecule has 0 radical (unpaired) electrons. The van der Waals surface area contributed by atoms with Crippen LogP contribution in [0.2, 0.25) is 0 Å². The summed E-state index contributed by atoms with van der Waals surface area (Å²) in [7, 11) is -3.36. The maximum absolute atomic E-state index is 14.3. The van der Waals surface area contributed by atoms with Crippen molar-refractivity contribution in [2.24, 2.45) is 0 Å². The Morgan fingerprint density at radius 3 is 2.26 bits per heavy atom. The fourth-order valence-corrected chi connectivity index (χ4v) is 5.41. The number of pyridine rings is 1. The standard InChI is InChI=1S/C25H22F2N4O3S/c1-28-25(7-8-25)17-5-3-16(4-6-17)23-18-13-20(26)21(27)14-22(18)29-15-19(23)24(32)30-9-11-31(12-10-30)35(2,33)34/h3-6,13-15H,7-12H2,2H3. The lowest BCUT2D eigenvalue weighted by Crippen LogP contribution is -2.50. The lowest BCUT2D eigenvalue weighted by molar-refractivity contribution is 0.0699. The molecule has 0 atom stereocenters. The van der Waals surface area contributed by atoms with Crippen molar-refractivity contribution in [2.45, 2.75) is 18.4 Å². The second-order valence-electron chi connectivity index (χ2n) is 9.01. The number of fused-ring (bicyclic) bond motifs is 1. The highest BCUT2D eigenvalue weighted by atomic mass is 32.2. The molecule has 5 rings (SSSR count). The summed E-state index contributed by atoms with van der Waals surface area (Å²) in [6.07, 6.45) is 4.08. The fourth-order valence-electron chi connectivity index (χ4n) is 4.58. The van der Waals surface area contributed by atoms with Crippen molar-refractivity contribution < 1.29 is 22.0 Å². The van der Waals surface area contributed by atoms with E-state index in [1.807, 2.05) is 12.1 Å². The minimum atomic E-state index is -3.36. The molecule has 3 aromatic rings. The molecule has 0 bridgehead atoms. The van der Waals surface area contributed by atoms with E-state index in [0.717, 1.165) is 36.8 Å². The van der Waals surface area contributed by atoms with Crippen molar-refractivity contribution in [1.82, 2.24) is 14.2 Å².